The molecule has 0 bridgehead atoms. The van der Waals surface area contributed by atoms with Gasteiger partial charge in [-0.25, -0.2) is 4.98 Å². The highest BCUT2D eigenvalue weighted by atomic mass is 16.7. The van der Waals surface area contributed by atoms with E-state index in [4.69, 9.17) is 14.3 Å². The molecule has 7 heteroatoms. The molecule has 2 atom stereocenters. The van der Waals surface area contributed by atoms with Crippen molar-refractivity contribution in [2.24, 2.45) is 5.92 Å². The van der Waals surface area contributed by atoms with Crippen LogP contribution < -0.4 is 5.46 Å². The van der Waals surface area contributed by atoms with Gasteiger partial charge in [-0.3, -0.25) is 4.79 Å². The van der Waals surface area contributed by atoms with Gasteiger partial charge >= 0.3 is 7.12 Å². The SMILES string of the molecule is CCC(C)CC(=O)N1CCCC1c1nc2ccc(B3OC(C)(C)C(C)(C)O3)cc2[nH]1. The van der Waals surface area contributed by atoms with Crippen molar-refractivity contribution < 1.29 is 14.1 Å². The topological polar surface area (TPSA) is 67.5 Å². The van der Waals surface area contributed by atoms with Gasteiger partial charge in [0.15, 0.2) is 0 Å². The zero-order chi connectivity index (χ0) is 21.7. The van der Waals surface area contributed by atoms with Crippen molar-refractivity contribution in [3.05, 3.63) is 24.0 Å². The molecule has 2 aliphatic heterocycles. The summed E-state index contributed by atoms with van der Waals surface area (Å²) in [6, 6.07) is 6.13. The fraction of sp³-hybridized carbons (Fsp3) is 0.652. The number of rotatable bonds is 5. The van der Waals surface area contributed by atoms with Gasteiger partial charge in [-0.2, -0.15) is 0 Å². The highest BCUT2D eigenvalue weighted by molar-refractivity contribution is 6.62. The predicted molar refractivity (Wildman–Crippen MR) is 120 cm³/mol. The fourth-order valence-electron chi connectivity index (χ4n) is 4.24. The predicted octanol–water partition coefficient (Wildman–Crippen LogP) is 3.96. The molecule has 0 radical (unpaired) electrons. The Kier molecular flexibility index (Phi) is 5.48. The first-order valence-electron chi connectivity index (χ1n) is 11.3. The number of imidazole rings is 1. The summed E-state index contributed by atoms with van der Waals surface area (Å²) in [4.78, 5) is 23.1. The molecule has 1 amide bonds. The minimum absolute atomic E-state index is 0.0363. The Balaban J connectivity index is 1.56. The van der Waals surface area contributed by atoms with Crippen LogP contribution in [0.2, 0.25) is 0 Å². The molecule has 2 aliphatic rings. The van der Waals surface area contributed by atoms with Crippen LogP contribution in [0.1, 0.15) is 79.1 Å². The van der Waals surface area contributed by atoms with Gasteiger partial charge in [0.25, 0.3) is 0 Å². The van der Waals surface area contributed by atoms with Crippen molar-refractivity contribution in [2.75, 3.05) is 6.54 Å². The third kappa shape index (κ3) is 3.78. The van der Waals surface area contributed by atoms with Crippen LogP contribution in [0.5, 0.6) is 0 Å². The summed E-state index contributed by atoms with van der Waals surface area (Å²) in [7, 11) is -0.397. The minimum atomic E-state index is -0.397. The number of nitrogens with zero attached hydrogens (tertiary/aromatic N) is 2. The fourth-order valence-corrected chi connectivity index (χ4v) is 4.24. The van der Waals surface area contributed by atoms with Crippen LogP contribution in [-0.2, 0) is 14.1 Å². The lowest BCUT2D eigenvalue weighted by Crippen LogP contribution is -2.41. The number of fused-ring (bicyclic) bond motifs is 1. The van der Waals surface area contributed by atoms with Gasteiger partial charge < -0.3 is 19.2 Å². The highest BCUT2D eigenvalue weighted by Crippen LogP contribution is 2.37. The summed E-state index contributed by atoms with van der Waals surface area (Å²) in [5, 5.41) is 0. The van der Waals surface area contributed by atoms with Gasteiger partial charge in [-0.15, -0.1) is 0 Å². The van der Waals surface area contributed by atoms with E-state index in [0.29, 0.717) is 12.3 Å². The average molecular weight is 411 g/mol. The van der Waals surface area contributed by atoms with Crippen molar-refractivity contribution >= 4 is 29.5 Å². The number of amides is 1. The van der Waals surface area contributed by atoms with Crippen molar-refractivity contribution in [1.82, 2.24) is 14.9 Å². The number of likely N-dealkylation sites (tertiary alicyclic amines) is 1. The lowest BCUT2D eigenvalue weighted by molar-refractivity contribution is -0.133. The first kappa shape index (κ1) is 21.4. The van der Waals surface area contributed by atoms with Crippen LogP contribution in [0.25, 0.3) is 11.0 Å². The number of hydrogen-bond donors (Lipinski definition) is 1. The van der Waals surface area contributed by atoms with E-state index < -0.39 is 7.12 Å². The Morgan fingerprint density at radius 3 is 2.67 bits per heavy atom. The maximum Gasteiger partial charge on any atom is 0.494 e. The van der Waals surface area contributed by atoms with E-state index >= 15 is 0 Å². The van der Waals surface area contributed by atoms with Crippen LogP contribution in [0, 0.1) is 5.92 Å². The molecule has 0 saturated carbocycles. The van der Waals surface area contributed by atoms with E-state index in [-0.39, 0.29) is 23.2 Å². The lowest BCUT2D eigenvalue weighted by Gasteiger charge is -2.32. The minimum Gasteiger partial charge on any atom is -0.399 e. The Bertz CT molecular complexity index is 923. The van der Waals surface area contributed by atoms with Crippen LogP contribution >= 0.6 is 0 Å². The first-order valence-corrected chi connectivity index (χ1v) is 11.3. The molecule has 2 saturated heterocycles. The molecule has 2 unspecified atom stereocenters. The van der Waals surface area contributed by atoms with Crippen LogP contribution in [-0.4, -0.2) is 45.6 Å². The Hall–Kier alpha value is -1.86. The number of benzene rings is 1. The molecule has 1 aromatic carbocycles. The molecular weight excluding hydrogens is 377 g/mol. The third-order valence-electron chi connectivity index (χ3n) is 7.16. The summed E-state index contributed by atoms with van der Waals surface area (Å²) in [6.07, 6.45) is 3.61. The number of hydrogen-bond acceptors (Lipinski definition) is 4. The Labute approximate surface area is 179 Å². The van der Waals surface area contributed by atoms with Gasteiger partial charge in [0.1, 0.15) is 5.82 Å². The second-order valence-corrected chi connectivity index (χ2v) is 9.95. The van der Waals surface area contributed by atoms with Gasteiger partial charge in [0, 0.05) is 13.0 Å². The summed E-state index contributed by atoms with van der Waals surface area (Å²) < 4.78 is 12.4. The number of aromatic amines is 1. The van der Waals surface area contributed by atoms with Crippen LogP contribution in [0.3, 0.4) is 0 Å². The summed E-state index contributed by atoms with van der Waals surface area (Å²) >= 11 is 0. The highest BCUT2D eigenvalue weighted by Gasteiger charge is 2.51. The molecule has 3 heterocycles. The summed E-state index contributed by atoms with van der Waals surface area (Å²) in [5.74, 6) is 1.54. The standard InChI is InChI=1S/C23H34BN3O3/c1-7-15(2)13-20(28)27-12-8-9-19(27)21-25-17-11-10-16(14-18(17)26-21)24-29-22(3,4)23(5,6)30-24/h10-11,14-15,19H,7-9,12-13H2,1-6H3,(H,25,26). The number of H-pyrrole nitrogens is 1. The third-order valence-corrected chi connectivity index (χ3v) is 7.16. The second kappa shape index (κ2) is 7.68. The van der Waals surface area contributed by atoms with E-state index in [2.05, 4.69) is 52.6 Å². The van der Waals surface area contributed by atoms with Crippen molar-refractivity contribution in [3.8, 4) is 0 Å². The van der Waals surface area contributed by atoms with E-state index in [1.165, 1.54) is 0 Å². The zero-order valence-corrected chi connectivity index (χ0v) is 19.1. The molecule has 1 N–H and O–H groups in total. The van der Waals surface area contributed by atoms with E-state index in [1.54, 1.807) is 0 Å². The van der Waals surface area contributed by atoms with Gasteiger partial charge in [0.2, 0.25) is 5.91 Å². The maximum absolute atomic E-state index is 12.8. The normalized spacial score (nSPS) is 24.0. The monoisotopic (exact) mass is 411 g/mol. The lowest BCUT2D eigenvalue weighted by atomic mass is 9.79. The molecule has 162 valence electrons. The molecule has 0 aliphatic carbocycles. The van der Waals surface area contributed by atoms with Crippen LogP contribution in [0.4, 0.5) is 0 Å². The molecule has 2 fully saturated rings. The zero-order valence-electron chi connectivity index (χ0n) is 19.1. The molecule has 4 rings (SSSR count). The second-order valence-electron chi connectivity index (χ2n) is 9.95. The smallest absolute Gasteiger partial charge is 0.399 e. The van der Waals surface area contributed by atoms with Crippen molar-refractivity contribution in [3.63, 3.8) is 0 Å². The largest absolute Gasteiger partial charge is 0.494 e. The molecular formula is C23H34BN3O3. The van der Waals surface area contributed by atoms with Gasteiger partial charge in [0.05, 0.1) is 28.3 Å². The Morgan fingerprint density at radius 1 is 1.30 bits per heavy atom. The van der Waals surface area contributed by atoms with Crippen molar-refractivity contribution in [1.29, 1.82) is 0 Å². The van der Waals surface area contributed by atoms with Gasteiger partial charge in [-0.1, -0.05) is 26.3 Å². The van der Waals surface area contributed by atoms with E-state index in [0.717, 1.165) is 48.1 Å². The summed E-state index contributed by atoms with van der Waals surface area (Å²) in [5.41, 5.74) is 2.11. The van der Waals surface area contributed by atoms with Crippen LogP contribution in [0.15, 0.2) is 18.2 Å². The number of carbonyl (C=O) groups excluding carboxylic acids is 1. The quantitative estimate of drug-likeness (QED) is 0.757. The molecule has 2 aromatic rings. The van der Waals surface area contributed by atoms with Gasteiger partial charge in [-0.05, 0) is 64.1 Å². The number of aromatic nitrogens is 2. The molecule has 30 heavy (non-hydrogen) atoms. The average Bonchev–Trinajstić information content (AvgIpc) is 3.36. The van der Waals surface area contributed by atoms with E-state index in [1.807, 2.05) is 17.0 Å². The molecule has 1 aromatic heterocycles. The first-order chi connectivity index (χ1) is 14.1. The number of nitrogens with one attached hydrogen (secondary N) is 1. The molecule has 6 nitrogen and oxygen atoms in total. The maximum atomic E-state index is 12.8. The van der Waals surface area contributed by atoms with E-state index in [9.17, 15) is 4.79 Å². The molecule has 0 spiro atoms. The Morgan fingerprint density at radius 2 is 2.00 bits per heavy atom. The van der Waals surface area contributed by atoms with Crippen molar-refractivity contribution in [2.45, 2.75) is 84.5 Å². The summed E-state index contributed by atoms with van der Waals surface area (Å²) in [6.45, 7) is 13.3. The number of carbonyl (C=O) groups is 1.